The predicted octanol–water partition coefficient (Wildman–Crippen LogP) is 3.51. The van der Waals surface area contributed by atoms with E-state index in [1.165, 1.54) is 26.5 Å². The number of methoxy groups -OCH3 is 2. The molecule has 1 aromatic carbocycles. The van der Waals surface area contributed by atoms with Crippen LogP contribution in [0.3, 0.4) is 0 Å². The third kappa shape index (κ3) is 7.58. The van der Waals surface area contributed by atoms with Crippen LogP contribution >= 0.6 is 0 Å². The predicted molar refractivity (Wildman–Crippen MR) is 190 cm³/mol. The number of amides is 4. The number of pyridine rings is 1. The number of allylic oxidation sites excluding steroid dienone is 1. The molecule has 2 saturated carbocycles. The highest BCUT2D eigenvalue weighted by Crippen LogP contribution is 2.50. The Morgan fingerprint density at radius 1 is 1.09 bits per heavy atom. The summed E-state index contributed by atoms with van der Waals surface area (Å²) in [4.78, 5) is 59.9. The van der Waals surface area contributed by atoms with E-state index in [-0.39, 0.29) is 60.9 Å². The maximum atomic E-state index is 15.0. The monoisotopic (exact) mass is 795 g/mol. The van der Waals surface area contributed by atoms with E-state index in [4.69, 9.17) is 14.2 Å². The molecule has 6 rings (SSSR count). The van der Waals surface area contributed by atoms with Gasteiger partial charge in [0, 0.05) is 17.7 Å². The van der Waals surface area contributed by atoms with Crippen LogP contribution < -0.4 is 29.6 Å². The number of carboxylic acid groups (broad SMARTS) is 1. The Hall–Kier alpha value is -4.81. The third-order valence-electron chi connectivity index (χ3n) is 11.2. The first-order valence-corrected chi connectivity index (χ1v) is 19.5. The quantitative estimate of drug-likeness (QED) is 0.271. The summed E-state index contributed by atoms with van der Waals surface area (Å²) in [6.45, 7) is 3.40. The number of halogens is 3. The number of sulfonamides is 1. The zero-order valence-electron chi connectivity index (χ0n) is 30.6. The number of aromatic nitrogens is 1. The van der Waals surface area contributed by atoms with Gasteiger partial charge in [-0.15, -0.1) is 0 Å². The number of alkyl halides is 2. The zero-order chi connectivity index (χ0) is 40.0. The minimum atomic E-state index is -4.85. The summed E-state index contributed by atoms with van der Waals surface area (Å²) in [5.74, 6) is -4.62. The molecule has 4 N–H and O–H groups in total. The first-order valence-electron chi connectivity index (χ1n) is 18.0. The van der Waals surface area contributed by atoms with Gasteiger partial charge < -0.3 is 34.9 Å². The van der Waals surface area contributed by atoms with Gasteiger partial charge in [0.2, 0.25) is 27.7 Å². The summed E-state index contributed by atoms with van der Waals surface area (Å²) >= 11 is 0. The smallest absolute Gasteiger partial charge is 0.405 e. The van der Waals surface area contributed by atoms with Gasteiger partial charge in [-0.05, 0) is 62.5 Å². The van der Waals surface area contributed by atoms with E-state index < -0.39 is 86.4 Å². The van der Waals surface area contributed by atoms with Crippen molar-refractivity contribution < 1.29 is 60.1 Å². The van der Waals surface area contributed by atoms with Crippen LogP contribution in [-0.2, 0) is 24.4 Å². The first-order chi connectivity index (χ1) is 26.0. The number of carbonyl (C=O) groups is 4. The van der Waals surface area contributed by atoms with E-state index in [2.05, 4.69) is 15.6 Å². The lowest BCUT2D eigenvalue weighted by molar-refractivity contribution is -0.142. The second-order valence-corrected chi connectivity index (χ2v) is 17.0. The average molecular weight is 796 g/mol. The highest BCUT2D eigenvalue weighted by molar-refractivity contribution is 7.91. The lowest BCUT2D eigenvalue weighted by atomic mass is 9.88. The molecule has 2 aliphatic carbocycles. The van der Waals surface area contributed by atoms with Gasteiger partial charge in [0.25, 0.3) is 12.3 Å². The van der Waals surface area contributed by atoms with Crippen molar-refractivity contribution in [3.63, 3.8) is 0 Å². The van der Waals surface area contributed by atoms with Gasteiger partial charge >= 0.3 is 6.09 Å². The van der Waals surface area contributed by atoms with Crippen LogP contribution in [0.1, 0.15) is 58.8 Å². The molecular formula is C36H44F3N5O10S. The number of fused-ring (bicyclic) bond motifs is 3. The Morgan fingerprint density at radius 2 is 1.80 bits per heavy atom. The summed E-state index contributed by atoms with van der Waals surface area (Å²) in [5, 5.41) is 15.3. The molecule has 0 unspecified atom stereocenters. The van der Waals surface area contributed by atoms with E-state index in [1.54, 1.807) is 19.1 Å². The highest BCUT2D eigenvalue weighted by Gasteiger charge is 2.66. The summed E-state index contributed by atoms with van der Waals surface area (Å²) < 4.78 is 84.9. The molecule has 1 aromatic heterocycles. The summed E-state index contributed by atoms with van der Waals surface area (Å²) in [6, 6.07) is -0.140. The molecule has 15 nitrogen and oxygen atoms in total. The molecule has 300 valence electrons. The first kappa shape index (κ1) is 39.9. The highest BCUT2D eigenvalue weighted by atomic mass is 32.2. The van der Waals surface area contributed by atoms with Crippen molar-refractivity contribution in [2.75, 3.05) is 20.8 Å². The SMILES string of the molecule is COc1cc2c(OC)cnc(O[C@@H]3C[C@H]4C(=O)N[C@]5(C(=O)NS(=O)(=O)C6(C(F)F)CC6)C[C@H]5/C=C\CC[C@H](C)C[C@@H](C)[C@H](NC(=O)O)C(=O)N4C3)c2cc1F. The number of hydrogen-bond acceptors (Lipinski definition) is 10. The third-order valence-corrected chi connectivity index (χ3v) is 13.3. The lowest BCUT2D eigenvalue weighted by Crippen LogP contribution is -2.59. The fraction of sp³-hybridized carbons (Fsp3) is 0.583. The maximum absolute atomic E-state index is 15.0. The lowest BCUT2D eigenvalue weighted by Gasteiger charge is -2.32. The van der Waals surface area contributed by atoms with E-state index in [9.17, 15) is 45.9 Å². The van der Waals surface area contributed by atoms with Gasteiger partial charge in [-0.3, -0.25) is 19.1 Å². The molecule has 3 fully saturated rings. The molecule has 0 spiro atoms. The van der Waals surface area contributed by atoms with Crippen molar-refractivity contribution in [2.45, 2.75) is 93.7 Å². The molecule has 0 bridgehead atoms. The molecule has 55 heavy (non-hydrogen) atoms. The Morgan fingerprint density at radius 3 is 2.44 bits per heavy atom. The van der Waals surface area contributed by atoms with Crippen LogP contribution in [0.2, 0.25) is 0 Å². The standard InChI is InChI=1S/C36H44F3N5O10S/c1-18-7-5-6-8-20-15-36(20,33(47)43-55(50,51)35(9-10-35)32(38)39)42-29(45)25-12-21(17-44(25)31(46)28(19(2)11-18)41-34(48)49)54-30-23-13-24(37)26(52-3)14-22(23)27(53-4)16-40-30/h6,8,13-14,16,18-21,25,28,32,41H,5,7,9-12,15,17H2,1-4H3,(H,42,45)(H,43,47)(H,48,49)/b8-6-/t18-,19+,20+,21+,25-,28-,36+/m0/s1. The number of ether oxygens (including phenoxy) is 3. The molecule has 1 saturated heterocycles. The molecular weight excluding hydrogens is 751 g/mol. The fourth-order valence-electron chi connectivity index (χ4n) is 7.75. The van der Waals surface area contributed by atoms with Crippen molar-refractivity contribution >= 4 is 44.6 Å². The Labute approximate surface area is 315 Å². The van der Waals surface area contributed by atoms with Gasteiger partial charge in [-0.1, -0.05) is 26.0 Å². The fourth-order valence-corrected chi connectivity index (χ4v) is 9.26. The Kier molecular flexibility index (Phi) is 10.9. The molecule has 4 amide bonds. The molecule has 19 heteroatoms. The summed E-state index contributed by atoms with van der Waals surface area (Å²) in [6.07, 6.45) is -0.231. The zero-order valence-corrected chi connectivity index (χ0v) is 31.5. The van der Waals surface area contributed by atoms with Gasteiger partial charge in [0.1, 0.15) is 29.5 Å². The largest absolute Gasteiger partial charge is 0.494 e. The second kappa shape index (κ2) is 15.0. The molecule has 2 aromatic rings. The van der Waals surface area contributed by atoms with Gasteiger partial charge in [0.05, 0.1) is 32.3 Å². The average Bonchev–Trinajstić information content (AvgIpc) is 4.03. The number of benzene rings is 1. The molecule has 3 heterocycles. The number of nitrogens with one attached hydrogen (secondary N) is 3. The van der Waals surface area contributed by atoms with Crippen molar-refractivity contribution in [2.24, 2.45) is 17.8 Å². The maximum Gasteiger partial charge on any atom is 0.405 e. The van der Waals surface area contributed by atoms with Crippen LogP contribution in [0.25, 0.3) is 10.8 Å². The topological polar surface area (TPSA) is 203 Å². The minimum Gasteiger partial charge on any atom is -0.494 e. The van der Waals surface area contributed by atoms with Gasteiger partial charge in [0.15, 0.2) is 16.3 Å². The van der Waals surface area contributed by atoms with Gasteiger partial charge in [-0.25, -0.2) is 31.4 Å². The molecule has 7 atom stereocenters. The van der Waals surface area contributed by atoms with E-state index in [1.807, 2.05) is 11.6 Å². The number of carbonyl (C=O) groups excluding carboxylic acids is 3. The van der Waals surface area contributed by atoms with Gasteiger partial charge in [-0.2, -0.15) is 0 Å². The van der Waals surface area contributed by atoms with E-state index in [0.29, 0.717) is 24.6 Å². The summed E-state index contributed by atoms with van der Waals surface area (Å²) in [5.41, 5.74) is -1.85. The van der Waals surface area contributed by atoms with E-state index in [0.717, 1.165) is 11.0 Å². The Balaban J connectivity index is 1.36. The van der Waals surface area contributed by atoms with Crippen LogP contribution in [0.5, 0.6) is 17.4 Å². The van der Waals surface area contributed by atoms with Crippen molar-refractivity contribution in [1.82, 2.24) is 25.2 Å². The Bertz CT molecular complexity index is 2010. The normalized spacial score (nSPS) is 29.9. The van der Waals surface area contributed by atoms with Crippen molar-refractivity contribution in [3.05, 3.63) is 36.3 Å². The van der Waals surface area contributed by atoms with Crippen LogP contribution in [0, 0.1) is 23.6 Å². The van der Waals surface area contributed by atoms with Crippen LogP contribution in [0.15, 0.2) is 30.5 Å². The van der Waals surface area contributed by atoms with Crippen LogP contribution in [0.4, 0.5) is 18.0 Å². The number of nitrogens with zero attached hydrogens (tertiary/aromatic N) is 2. The minimum absolute atomic E-state index is 0.0100. The molecule has 4 aliphatic rings. The molecule has 0 radical (unpaired) electrons. The molecule has 2 aliphatic heterocycles. The summed E-state index contributed by atoms with van der Waals surface area (Å²) in [7, 11) is -2.15. The second-order valence-electron chi connectivity index (χ2n) is 15.0. The van der Waals surface area contributed by atoms with E-state index >= 15 is 0 Å². The van der Waals surface area contributed by atoms with Crippen molar-refractivity contribution in [1.29, 1.82) is 0 Å². The number of rotatable bonds is 9. The van der Waals surface area contributed by atoms with Crippen LogP contribution in [-0.4, -0.2) is 103 Å². The van der Waals surface area contributed by atoms with Crippen molar-refractivity contribution in [3.8, 4) is 17.4 Å². The number of hydrogen-bond donors (Lipinski definition) is 4.